The van der Waals surface area contributed by atoms with Crippen LogP contribution in [-0.2, 0) is 15.8 Å². The van der Waals surface area contributed by atoms with Gasteiger partial charge in [0.05, 0.1) is 5.69 Å². The Morgan fingerprint density at radius 1 is 1.45 bits per heavy atom. The lowest BCUT2D eigenvalue weighted by atomic mass is 10.1. The molecule has 108 valence electrons. The second-order valence-electron chi connectivity index (χ2n) is 4.22. The summed E-state index contributed by atoms with van der Waals surface area (Å²) in [4.78, 5) is 0. The summed E-state index contributed by atoms with van der Waals surface area (Å²) < 4.78 is 44.5. The van der Waals surface area contributed by atoms with Crippen LogP contribution in [0.4, 0.5) is 4.39 Å². The van der Waals surface area contributed by atoms with Gasteiger partial charge in [0.25, 0.3) is 0 Å². The largest absolute Gasteiger partial charge is 0.364 e. The minimum Gasteiger partial charge on any atom is -0.364 e. The van der Waals surface area contributed by atoms with Crippen molar-refractivity contribution in [3.63, 3.8) is 0 Å². The fourth-order valence-electron chi connectivity index (χ4n) is 1.80. The number of aromatic nitrogens is 1. The maximum Gasteiger partial charge on any atom is 0.218 e. The molecule has 2 aromatic rings. The van der Waals surface area contributed by atoms with Crippen molar-refractivity contribution in [1.82, 2.24) is 9.88 Å². The SMILES string of the molecule is C[C@H](NS(=O)(=O)Cc1ccon1)c1c(F)cccc1Cl. The molecule has 2 rings (SSSR count). The topological polar surface area (TPSA) is 72.2 Å². The molecule has 1 aromatic carbocycles. The van der Waals surface area contributed by atoms with Crippen molar-refractivity contribution in [1.29, 1.82) is 0 Å². The van der Waals surface area contributed by atoms with Crippen molar-refractivity contribution in [2.75, 3.05) is 0 Å². The van der Waals surface area contributed by atoms with E-state index in [9.17, 15) is 12.8 Å². The van der Waals surface area contributed by atoms with Crippen LogP contribution < -0.4 is 4.72 Å². The molecule has 8 heteroatoms. The Bertz CT molecular complexity index is 668. The Morgan fingerprint density at radius 3 is 2.80 bits per heavy atom. The highest BCUT2D eigenvalue weighted by atomic mass is 35.5. The van der Waals surface area contributed by atoms with Gasteiger partial charge in [-0.1, -0.05) is 22.8 Å². The molecular formula is C12H12ClFN2O3S. The molecule has 0 bridgehead atoms. The first-order valence-electron chi connectivity index (χ1n) is 5.72. The van der Waals surface area contributed by atoms with E-state index >= 15 is 0 Å². The molecule has 0 unspecified atom stereocenters. The van der Waals surface area contributed by atoms with Crippen LogP contribution in [0.25, 0.3) is 0 Å². The predicted molar refractivity (Wildman–Crippen MR) is 72.1 cm³/mol. The molecule has 0 radical (unpaired) electrons. The summed E-state index contributed by atoms with van der Waals surface area (Å²) in [7, 11) is -3.68. The monoisotopic (exact) mass is 318 g/mol. The normalized spacial score (nSPS) is 13.3. The van der Waals surface area contributed by atoms with E-state index in [1.54, 1.807) is 0 Å². The van der Waals surface area contributed by atoms with E-state index < -0.39 is 21.9 Å². The van der Waals surface area contributed by atoms with Crippen molar-refractivity contribution in [3.8, 4) is 0 Å². The zero-order chi connectivity index (χ0) is 14.8. The third-order valence-electron chi connectivity index (χ3n) is 2.62. The van der Waals surface area contributed by atoms with Gasteiger partial charge in [-0.05, 0) is 19.1 Å². The van der Waals surface area contributed by atoms with Gasteiger partial charge >= 0.3 is 0 Å². The van der Waals surface area contributed by atoms with Gasteiger partial charge in [-0.25, -0.2) is 17.5 Å². The summed E-state index contributed by atoms with van der Waals surface area (Å²) in [5.74, 6) is -0.908. The highest BCUT2D eigenvalue weighted by Crippen LogP contribution is 2.26. The van der Waals surface area contributed by atoms with Crippen LogP contribution in [0.5, 0.6) is 0 Å². The number of sulfonamides is 1. The van der Waals surface area contributed by atoms with Gasteiger partial charge in [0.1, 0.15) is 17.8 Å². The molecule has 1 heterocycles. The number of nitrogens with one attached hydrogen (secondary N) is 1. The molecule has 0 aliphatic heterocycles. The quantitative estimate of drug-likeness (QED) is 0.920. The van der Waals surface area contributed by atoms with E-state index in [0.29, 0.717) is 0 Å². The molecular weight excluding hydrogens is 307 g/mol. The van der Waals surface area contributed by atoms with Crippen molar-refractivity contribution < 1.29 is 17.3 Å². The van der Waals surface area contributed by atoms with Gasteiger partial charge in [-0.3, -0.25) is 0 Å². The fourth-order valence-corrected chi connectivity index (χ4v) is 3.41. The minimum absolute atomic E-state index is 0.109. The maximum absolute atomic E-state index is 13.7. The van der Waals surface area contributed by atoms with Crippen LogP contribution in [0.3, 0.4) is 0 Å². The van der Waals surface area contributed by atoms with Crippen molar-refractivity contribution in [2.45, 2.75) is 18.7 Å². The molecule has 20 heavy (non-hydrogen) atoms. The Balaban J connectivity index is 2.17. The fraction of sp³-hybridized carbons (Fsp3) is 0.250. The Hall–Kier alpha value is -1.44. The van der Waals surface area contributed by atoms with Crippen molar-refractivity contribution in [3.05, 3.63) is 52.6 Å². The first kappa shape index (κ1) is 15.0. The summed E-state index contributed by atoms with van der Waals surface area (Å²) >= 11 is 5.89. The Labute approximate surface area is 120 Å². The summed E-state index contributed by atoms with van der Waals surface area (Å²) in [6.07, 6.45) is 1.28. The van der Waals surface area contributed by atoms with Gasteiger partial charge in [0.15, 0.2) is 0 Å². The standard InChI is InChI=1S/C12H12ClFN2O3S/c1-8(12-10(13)3-2-4-11(12)14)16-20(17,18)7-9-5-6-19-15-9/h2-6,8,16H,7H2,1H3/t8-/m0/s1. The molecule has 1 N–H and O–H groups in total. The number of hydrogen-bond donors (Lipinski definition) is 1. The second kappa shape index (κ2) is 5.90. The van der Waals surface area contributed by atoms with E-state index in [1.807, 2.05) is 0 Å². The van der Waals surface area contributed by atoms with E-state index in [1.165, 1.54) is 37.5 Å². The first-order chi connectivity index (χ1) is 9.39. The third-order valence-corrected chi connectivity index (χ3v) is 4.34. The lowest BCUT2D eigenvalue weighted by Crippen LogP contribution is -2.29. The lowest BCUT2D eigenvalue weighted by Gasteiger charge is -2.16. The molecule has 1 atom stereocenters. The maximum atomic E-state index is 13.7. The molecule has 0 aliphatic rings. The van der Waals surface area contributed by atoms with Gasteiger partial charge in [-0.2, -0.15) is 0 Å². The van der Waals surface area contributed by atoms with Crippen LogP contribution in [0.15, 0.2) is 35.1 Å². The van der Waals surface area contributed by atoms with Crippen LogP contribution >= 0.6 is 11.6 Å². The zero-order valence-electron chi connectivity index (χ0n) is 10.5. The number of benzene rings is 1. The van der Waals surface area contributed by atoms with Crippen LogP contribution in [0, 0.1) is 5.82 Å². The molecule has 0 saturated heterocycles. The highest BCUT2D eigenvalue weighted by Gasteiger charge is 2.21. The van der Waals surface area contributed by atoms with Crippen LogP contribution in [0.2, 0.25) is 5.02 Å². The van der Waals surface area contributed by atoms with Crippen LogP contribution in [0.1, 0.15) is 24.2 Å². The lowest BCUT2D eigenvalue weighted by molar-refractivity contribution is 0.413. The summed E-state index contributed by atoms with van der Waals surface area (Å²) in [5, 5.41) is 3.69. The minimum atomic E-state index is -3.68. The highest BCUT2D eigenvalue weighted by molar-refractivity contribution is 7.88. The third kappa shape index (κ3) is 3.56. The van der Waals surface area contributed by atoms with E-state index in [2.05, 4.69) is 14.4 Å². The van der Waals surface area contributed by atoms with E-state index in [-0.39, 0.29) is 22.0 Å². The number of rotatable bonds is 5. The Morgan fingerprint density at radius 2 is 2.20 bits per heavy atom. The second-order valence-corrected chi connectivity index (χ2v) is 6.39. The summed E-state index contributed by atoms with van der Waals surface area (Å²) in [6.45, 7) is 1.52. The Kier molecular flexibility index (Phi) is 4.42. The van der Waals surface area contributed by atoms with Crippen molar-refractivity contribution in [2.24, 2.45) is 0 Å². The predicted octanol–water partition coefficient (Wildman–Crippen LogP) is 2.65. The van der Waals surface area contributed by atoms with E-state index in [4.69, 9.17) is 11.6 Å². The van der Waals surface area contributed by atoms with E-state index in [0.717, 1.165) is 0 Å². The van der Waals surface area contributed by atoms with Crippen LogP contribution in [-0.4, -0.2) is 13.6 Å². The van der Waals surface area contributed by atoms with Gasteiger partial charge < -0.3 is 4.52 Å². The summed E-state index contributed by atoms with van der Waals surface area (Å²) in [5.41, 5.74) is 0.377. The molecule has 1 aromatic heterocycles. The van der Waals surface area contributed by atoms with Gasteiger partial charge in [0, 0.05) is 22.7 Å². The molecule has 0 amide bonds. The first-order valence-corrected chi connectivity index (χ1v) is 7.75. The smallest absolute Gasteiger partial charge is 0.218 e. The average molecular weight is 319 g/mol. The molecule has 0 saturated carbocycles. The summed E-state index contributed by atoms with van der Waals surface area (Å²) in [6, 6.07) is 4.84. The number of nitrogens with zero attached hydrogens (tertiary/aromatic N) is 1. The van der Waals surface area contributed by atoms with Gasteiger partial charge in [-0.15, -0.1) is 0 Å². The number of hydrogen-bond acceptors (Lipinski definition) is 4. The average Bonchev–Trinajstić information content (AvgIpc) is 2.79. The molecule has 0 fully saturated rings. The van der Waals surface area contributed by atoms with Crippen molar-refractivity contribution >= 4 is 21.6 Å². The molecule has 5 nitrogen and oxygen atoms in total. The van der Waals surface area contributed by atoms with Gasteiger partial charge in [0.2, 0.25) is 10.0 Å². The zero-order valence-corrected chi connectivity index (χ0v) is 12.1. The number of halogens is 2. The molecule has 0 spiro atoms. The molecule has 0 aliphatic carbocycles.